The molecule has 6 atom stereocenters. The Bertz CT molecular complexity index is 898. The number of anilines is 1. The third-order valence-electron chi connectivity index (χ3n) is 10.9. The lowest BCUT2D eigenvalue weighted by molar-refractivity contribution is -0.0362. The van der Waals surface area contributed by atoms with Gasteiger partial charge in [-0.15, -0.1) is 0 Å². The Hall–Kier alpha value is -1.61. The Kier molecular flexibility index (Phi) is 5.68. The number of pyridine rings is 1. The van der Waals surface area contributed by atoms with Crippen LogP contribution in [0.1, 0.15) is 65.2 Å². The van der Waals surface area contributed by atoms with Crippen LogP contribution in [0.3, 0.4) is 0 Å². The number of hydrogen-bond acceptors (Lipinski definition) is 3. The van der Waals surface area contributed by atoms with Gasteiger partial charge >= 0.3 is 0 Å². The number of piperazine rings is 1. The van der Waals surface area contributed by atoms with Crippen LogP contribution in [0, 0.1) is 34.5 Å². The number of aromatic nitrogens is 1. The highest BCUT2D eigenvalue weighted by atomic mass is 15.3. The minimum absolute atomic E-state index is 0.369. The van der Waals surface area contributed by atoms with Crippen molar-refractivity contribution >= 4 is 5.82 Å². The maximum atomic E-state index is 4.55. The fourth-order valence-corrected chi connectivity index (χ4v) is 9.00. The van der Waals surface area contributed by atoms with E-state index >= 15 is 0 Å². The molecule has 3 nitrogen and oxygen atoms in total. The van der Waals surface area contributed by atoms with Crippen molar-refractivity contribution in [3.63, 3.8) is 0 Å². The van der Waals surface area contributed by atoms with Gasteiger partial charge in [0.1, 0.15) is 5.82 Å². The van der Waals surface area contributed by atoms with Crippen molar-refractivity contribution in [3.8, 4) is 0 Å². The van der Waals surface area contributed by atoms with Crippen molar-refractivity contribution in [2.75, 3.05) is 37.6 Å². The van der Waals surface area contributed by atoms with E-state index in [1.54, 1.807) is 5.57 Å². The average Bonchev–Trinajstić information content (AvgIpc) is 3.19. The fourth-order valence-electron chi connectivity index (χ4n) is 9.00. The zero-order chi connectivity index (χ0) is 22.5. The van der Waals surface area contributed by atoms with E-state index in [4.69, 9.17) is 0 Å². The molecule has 0 aromatic carbocycles. The summed E-state index contributed by atoms with van der Waals surface area (Å²) in [5.41, 5.74) is 2.73. The smallest absolute Gasteiger partial charge is 0.128 e. The van der Waals surface area contributed by atoms with Gasteiger partial charge in [-0.25, -0.2) is 4.98 Å². The second-order valence-corrected chi connectivity index (χ2v) is 12.2. The molecule has 1 saturated heterocycles. The zero-order valence-electron chi connectivity index (χ0n) is 20.9. The molecule has 4 fully saturated rings. The second-order valence-electron chi connectivity index (χ2n) is 12.2. The Morgan fingerprint density at radius 3 is 2.70 bits per heavy atom. The Balaban J connectivity index is 1.07. The van der Waals surface area contributed by atoms with Crippen molar-refractivity contribution in [1.29, 1.82) is 0 Å². The lowest BCUT2D eigenvalue weighted by atomic mass is 9.47. The third-order valence-corrected chi connectivity index (χ3v) is 10.9. The molecule has 0 unspecified atom stereocenters. The van der Waals surface area contributed by atoms with E-state index in [1.807, 2.05) is 12.3 Å². The normalized spacial score (nSPS) is 40.7. The Morgan fingerprint density at radius 2 is 1.88 bits per heavy atom. The molecular formula is C30H43N3. The molecule has 1 aliphatic heterocycles. The Morgan fingerprint density at radius 1 is 1.00 bits per heavy atom. The van der Waals surface area contributed by atoms with E-state index in [-0.39, 0.29) is 0 Å². The molecule has 0 radical (unpaired) electrons. The molecule has 33 heavy (non-hydrogen) atoms. The van der Waals surface area contributed by atoms with E-state index in [9.17, 15) is 0 Å². The fraction of sp³-hybridized carbons (Fsp3) is 0.700. The molecule has 0 spiro atoms. The highest BCUT2D eigenvalue weighted by Crippen LogP contribution is 2.66. The van der Waals surface area contributed by atoms with Crippen LogP contribution in [0.5, 0.6) is 0 Å². The first kappa shape index (κ1) is 21.9. The summed E-state index contributed by atoms with van der Waals surface area (Å²) in [6, 6.07) is 6.27. The van der Waals surface area contributed by atoms with Crippen LogP contribution >= 0.6 is 0 Å². The summed E-state index contributed by atoms with van der Waals surface area (Å²) in [5, 5.41) is 0. The molecule has 5 aliphatic rings. The van der Waals surface area contributed by atoms with Gasteiger partial charge in [-0.3, -0.25) is 4.90 Å². The van der Waals surface area contributed by atoms with Crippen LogP contribution < -0.4 is 4.90 Å². The molecule has 1 aromatic heterocycles. The highest BCUT2D eigenvalue weighted by molar-refractivity contribution is 5.38. The monoisotopic (exact) mass is 445 g/mol. The summed E-state index contributed by atoms with van der Waals surface area (Å²) in [7, 11) is 0. The van der Waals surface area contributed by atoms with Gasteiger partial charge in [0.25, 0.3) is 0 Å². The summed E-state index contributed by atoms with van der Waals surface area (Å²) < 4.78 is 0. The summed E-state index contributed by atoms with van der Waals surface area (Å²) in [6.07, 6.45) is 20.8. The van der Waals surface area contributed by atoms with Crippen LogP contribution in [0.15, 0.2) is 48.2 Å². The molecule has 0 N–H and O–H groups in total. The summed E-state index contributed by atoms with van der Waals surface area (Å²) in [5.74, 6) is 4.90. The van der Waals surface area contributed by atoms with Gasteiger partial charge in [-0.2, -0.15) is 0 Å². The van der Waals surface area contributed by atoms with Crippen molar-refractivity contribution in [2.45, 2.75) is 65.2 Å². The van der Waals surface area contributed by atoms with Crippen molar-refractivity contribution < 1.29 is 0 Å². The first-order valence-corrected chi connectivity index (χ1v) is 13.8. The number of allylic oxidation sites excluding steroid dienone is 4. The lowest BCUT2D eigenvalue weighted by Gasteiger charge is -2.57. The number of hydrogen-bond donors (Lipinski definition) is 0. The number of rotatable bonds is 4. The van der Waals surface area contributed by atoms with E-state index in [1.165, 1.54) is 71.0 Å². The second kappa shape index (κ2) is 8.56. The van der Waals surface area contributed by atoms with Crippen LogP contribution in [-0.4, -0.2) is 42.6 Å². The van der Waals surface area contributed by atoms with Crippen molar-refractivity contribution in [1.82, 2.24) is 9.88 Å². The molecule has 178 valence electrons. The highest BCUT2D eigenvalue weighted by Gasteiger charge is 2.57. The molecule has 0 bridgehead atoms. The van der Waals surface area contributed by atoms with Gasteiger partial charge in [0.2, 0.25) is 0 Å². The van der Waals surface area contributed by atoms with Crippen LogP contribution in [0.4, 0.5) is 5.82 Å². The maximum Gasteiger partial charge on any atom is 0.128 e. The van der Waals surface area contributed by atoms with E-state index < -0.39 is 0 Å². The van der Waals surface area contributed by atoms with Gasteiger partial charge in [0.15, 0.2) is 0 Å². The van der Waals surface area contributed by atoms with Gasteiger partial charge < -0.3 is 4.90 Å². The maximum absolute atomic E-state index is 4.55. The van der Waals surface area contributed by atoms with Gasteiger partial charge in [-0.1, -0.05) is 43.7 Å². The predicted molar refractivity (Wildman–Crippen MR) is 137 cm³/mol. The molecule has 4 aliphatic carbocycles. The predicted octanol–water partition coefficient (Wildman–Crippen LogP) is 6.34. The molecule has 3 heteroatoms. The third kappa shape index (κ3) is 3.70. The first-order chi connectivity index (χ1) is 16.1. The van der Waals surface area contributed by atoms with Crippen molar-refractivity contribution in [3.05, 3.63) is 48.2 Å². The summed E-state index contributed by atoms with van der Waals surface area (Å²) in [4.78, 5) is 9.74. The molecule has 0 amide bonds. The van der Waals surface area contributed by atoms with E-state index in [2.05, 4.69) is 59.0 Å². The topological polar surface area (TPSA) is 19.4 Å². The number of fused-ring (bicyclic) bond motifs is 5. The zero-order valence-corrected chi connectivity index (χ0v) is 20.9. The lowest BCUT2D eigenvalue weighted by Crippen LogP contribution is -2.50. The standard InChI is InChI=1S/C30H43N3/c1-29-15-5-3-7-23(29)9-11-25-26-12-10-24(30(26,2)16-13-27(25)29)14-18-32-19-21-33(22-20-32)28-8-4-6-17-31-28/h4-8,15,17,24-27H,3,9-14,16,18-22H2,1-2H3/t24-,25+,26+,27+,29+,30-/m1/s1. The summed E-state index contributed by atoms with van der Waals surface area (Å²) >= 11 is 0. The van der Waals surface area contributed by atoms with Crippen LogP contribution in [-0.2, 0) is 0 Å². The Labute approximate surface area is 201 Å². The molecule has 6 rings (SSSR count). The molecular weight excluding hydrogens is 402 g/mol. The van der Waals surface area contributed by atoms with Gasteiger partial charge in [0.05, 0.1) is 0 Å². The molecule has 2 heterocycles. The average molecular weight is 446 g/mol. The van der Waals surface area contributed by atoms with E-state index in [0.29, 0.717) is 10.8 Å². The van der Waals surface area contributed by atoms with E-state index in [0.717, 1.165) is 42.6 Å². The quantitative estimate of drug-likeness (QED) is 0.504. The van der Waals surface area contributed by atoms with Gasteiger partial charge in [-0.05, 0) is 99.1 Å². The summed E-state index contributed by atoms with van der Waals surface area (Å²) in [6.45, 7) is 11.2. The minimum Gasteiger partial charge on any atom is -0.354 e. The number of nitrogens with zero attached hydrogens (tertiary/aromatic N) is 3. The first-order valence-electron chi connectivity index (χ1n) is 13.8. The van der Waals surface area contributed by atoms with Crippen LogP contribution in [0.25, 0.3) is 0 Å². The largest absolute Gasteiger partial charge is 0.354 e. The molecule has 1 aromatic rings. The molecule has 3 saturated carbocycles. The minimum atomic E-state index is 0.369. The SMILES string of the molecule is C[C@]12CC[C@H]3[C@@H](CCC4=CCC=C[C@@]43C)[C@@H]1CC[C@@H]2CCN1CCN(c2ccccn2)CC1. The van der Waals surface area contributed by atoms with Gasteiger partial charge in [0, 0.05) is 37.8 Å². The van der Waals surface area contributed by atoms with Crippen LogP contribution in [0.2, 0.25) is 0 Å². The van der Waals surface area contributed by atoms with Crippen molar-refractivity contribution in [2.24, 2.45) is 34.5 Å².